The lowest BCUT2D eigenvalue weighted by Crippen LogP contribution is -2.18. The van der Waals surface area contributed by atoms with E-state index in [2.05, 4.69) is 40.9 Å². The lowest BCUT2D eigenvalue weighted by atomic mass is 10.1. The van der Waals surface area contributed by atoms with Gasteiger partial charge in [0, 0.05) is 25.9 Å². The molecular formula is C25H33NO5S. The summed E-state index contributed by atoms with van der Waals surface area (Å²) >= 11 is 0. The minimum atomic E-state index is -3.51. The summed E-state index contributed by atoms with van der Waals surface area (Å²) in [6.07, 6.45) is 7.93. The topological polar surface area (TPSA) is 83.9 Å². The fourth-order valence-electron chi connectivity index (χ4n) is 3.20. The van der Waals surface area contributed by atoms with Crippen LogP contribution in [0.1, 0.15) is 43.2 Å². The summed E-state index contributed by atoms with van der Waals surface area (Å²) in [7, 11) is -0.193. The van der Waals surface area contributed by atoms with E-state index >= 15 is 0 Å². The molecule has 2 aromatic rings. The highest BCUT2D eigenvalue weighted by atomic mass is 32.2. The molecule has 2 aromatic carbocycles. The Hall–Kier alpha value is -2.64. The van der Waals surface area contributed by atoms with Crippen molar-refractivity contribution in [2.24, 2.45) is 0 Å². The van der Waals surface area contributed by atoms with Crippen LogP contribution in [0.15, 0.2) is 53.4 Å². The summed E-state index contributed by atoms with van der Waals surface area (Å²) in [6, 6.07) is 14.9. The molecular weight excluding hydrogens is 426 g/mol. The molecule has 0 heterocycles. The Labute approximate surface area is 191 Å². The molecule has 0 atom stereocenters. The highest BCUT2D eigenvalue weighted by Crippen LogP contribution is 2.18. The summed E-state index contributed by atoms with van der Waals surface area (Å²) in [5.41, 5.74) is 3.10. The van der Waals surface area contributed by atoms with Crippen LogP contribution in [-0.2, 0) is 19.4 Å². The van der Waals surface area contributed by atoms with Crippen LogP contribution in [0.25, 0.3) is 12.2 Å². The van der Waals surface area contributed by atoms with E-state index in [1.54, 1.807) is 24.3 Å². The number of esters is 1. The maximum atomic E-state index is 12.3. The summed E-state index contributed by atoms with van der Waals surface area (Å²) in [5, 5.41) is 8.83. The van der Waals surface area contributed by atoms with Crippen molar-refractivity contribution in [3.05, 3.63) is 59.7 Å². The van der Waals surface area contributed by atoms with E-state index in [9.17, 15) is 13.2 Å². The molecule has 0 radical (unpaired) electrons. The third kappa shape index (κ3) is 8.48. The number of unbranched alkanes of at least 4 members (excludes halogenated alkanes) is 3. The zero-order valence-electron chi connectivity index (χ0n) is 18.9. The van der Waals surface area contributed by atoms with E-state index in [1.807, 2.05) is 12.2 Å². The van der Waals surface area contributed by atoms with Gasteiger partial charge in [-0.2, -0.15) is 0 Å². The molecule has 2 rings (SSSR count). The lowest BCUT2D eigenvalue weighted by Gasteiger charge is -2.19. The molecule has 0 fully saturated rings. The number of hydrogen-bond acceptors (Lipinski definition) is 6. The van der Waals surface area contributed by atoms with Crippen LogP contribution in [0.5, 0.6) is 0 Å². The number of carbonyl (C=O) groups is 1. The van der Waals surface area contributed by atoms with E-state index in [1.165, 1.54) is 7.11 Å². The van der Waals surface area contributed by atoms with Crippen molar-refractivity contribution in [1.29, 1.82) is 0 Å². The Kier molecular flexibility index (Phi) is 10.4. The number of methoxy groups -OCH3 is 1. The van der Waals surface area contributed by atoms with Crippen molar-refractivity contribution in [3.63, 3.8) is 0 Å². The maximum Gasteiger partial charge on any atom is 0.306 e. The average molecular weight is 460 g/mol. The molecule has 0 aliphatic rings. The Bertz CT molecular complexity index is 966. The molecule has 6 nitrogen and oxygen atoms in total. The van der Waals surface area contributed by atoms with Crippen molar-refractivity contribution in [3.8, 4) is 0 Å². The molecule has 0 aromatic heterocycles. The minimum absolute atomic E-state index is 0.157. The monoisotopic (exact) mass is 459 g/mol. The van der Waals surface area contributed by atoms with E-state index < -0.39 is 15.8 Å². The highest BCUT2D eigenvalue weighted by Gasteiger charge is 2.16. The third-order valence-electron chi connectivity index (χ3n) is 5.25. The van der Waals surface area contributed by atoms with Crippen LogP contribution in [-0.4, -0.2) is 52.6 Å². The molecule has 0 saturated heterocycles. The molecule has 0 saturated carbocycles. The number of rotatable bonds is 13. The lowest BCUT2D eigenvalue weighted by molar-refractivity contribution is -0.140. The van der Waals surface area contributed by atoms with Gasteiger partial charge in [0.25, 0.3) is 0 Å². The van der Waals surface area contributed by atoms with Crippen molar-refractivity contribution >= 4 is 33.6 Å². The van der Waals surface area contributed by atoms with Crippen LogP contribution in [0.3, 0.4) is 0 Å². The third-order valence-corrected chi connectivity index (χ3v) is 6.98. The number of carbonyl (C=O) groups excluding carboxylic acids is 1. The van der Waals surface area contributed by atoms with Crippen LogP contribution >= 0.6 is 0 Å². The molecule has 32 heavy (non-hydrogen) atoms. The van der Waals surface area contributed by atoms with Crippen molar-refractivity contribution in [1.82, 2.24) is 0 Å². The van der Waals surface area contributed by atoms with Gasteiger partial charge >= 0.3 is 5.97 Å². The largest absolute Gasteiger partial charge is 0.469 e. The van der Waals surface area contributed by atoms with Crippen LogP contribution in [0.2, 0.25) is 0 Å². The second-order valence-electron chi connectivity index (χ2n) is 7.70. The maximum absolute atomic E-state index is 12.3. The summed E-state index contributed by atoms with van der Waals surface area (Å²) in [6.45, 7) is 1.25. The zero-order chi connectivity index (χ0) is 23.4. The smallest absolute Gasteiger partial charge is 0.306 e. The highest BCUT2D eigenvalue weighted by molar-refractivity contribution is 7.91. The van der Waals surface area contributed by atoms with Gasteiger partial charge in [-0.3, -0.25) is 4.79 Å². The molecule has 0 aliphatic carbocycles. The fraction of sp³-hybridized carbons (Fsp3) is 0.400. The molecule has 0 aliphatic heterocycles. The van der Waals surface area contributed by atoms with E-state index in [0.717, 1.165) is 49.0 Å². The quantitative estimate of drug-likeness (QED) is 0.275. The number of sulfone groups is 1. The average Bonchev–Trinajstić information content (AvgIpc) is 2.81. The number of ether oxygens (including phenoxy) is 1. The molecule has 0 amide bonds. The second-order valence-corrected chi connectivity index (χ2v) is 9.81. The second kappa shape index (κ2) is 13.0. The van der Waals surface area contributed by atoms with Crippen LogP contribution in [0, 0.1) is 0 Å². The number of benzene rings is 2. The number of aliphatic hydroxyl groups is 1. The predicted molar refractivity (Wildman–Crippen MR) is 129 cm³/mol. The van der Waals surface area contributed by atoms with Gasteiger partial charge in [0.05, 0.1) is 24.2 Å². The van der Waals surface area contributed by atoms with Gasteiger partial charge in [0.15, 0.2) is 9.84 Å². The van der Waals surface area contributed by atoms with Crippen molar-refractivity contribution in [2.75, 3.05) is 38.0 Å². The Balaban J connectivity index is 1.90. The van der Waals surface area contributed by atoms with Gasteiger partial charge in [-0.15, -0.1) is 0 Å². The summed E-state index contributed by atoms with van der Waals surface area (Å²) in [5.74, 6) is -0.804. The molecule has 1 N–H and O–H groups in total. The molecule has 0 spiro atoms. The molecule has 0 unspecified atom stereocenters. The molecule has 174 valence electrons. The summed E-state index contributed by atoms with van der Waals surface area (Å²) < 4.78 is 29.1. The first kappa shape index (κ1) is 25.6. The van der Waals surface area contributed by atoms with Crippen molar-refractivity contribution < 1.29 is 23.1 Å². The molecule has 0 bridgehead atoms. The first-order valence-electron chi connectivity index (χ1n) is 10.9. The first-order valence-corrected chi connectivity index (χ1v) is 12.5. The van der Waals surface area contributed by atoms with Gasteiger partial charge in [-0.1, -0.05) is 49.3 Å². The number of aliphatic hydroxyl groups excluding tert-OH is 1. The minimum Gasteiger partial charge on any atom is -0.469 e. The van der Waals surface area contributed by atoms with Gasteiger partial charge in [-0.05, 0) is 48.2 Å². The molecule has 7 heteroatoms. The van der Waals surface area contributed by atoms with Crippen molar-refractivity contribution in [2.45, 2.75) is 37.0 Å². The van der Waals surface area contributed by atoms with E-state index in [-0.39, 0.29) is 23.7 Å². The van der Waals surface area contributed by atoms with Crippen LogP contribution < -0.4 is 4.90 Å². The standard InChI is InChI=1S/C25H33NO5S/c1-26(18-5-3-4-6-19-27)23-13-9-21(10-14-23)7-8-22-11-15-24(16-12-22)32(29,30)20-17-25(28)31-2/h7-16,27H,3-6,17-20H2,1-2H3/b8-7+. The Morgan fingerprint density at radius 2 is 1.50 bits per heavy atom. The van der Waals surface area contributed by atoms with Gasteiger partial charge in [-0.25, -0.2) is 8.42 Å². The van der Waals surface area contributed by atoms with Crippen LogP contribution in [0.4, 0.5) is 5.69 Å². The predicted octanol–water partition coefficient (Wildman–Crippen LogP) is 4.18. The number of anilines is 1. The van der Waals surface area contributed by atoms with Gasteiger partial charge in [0.1, 0.15) is 0 Å². The van der Waals surface area contributed by atoms with E-state index in [0.29, 0.717) is 0 Å². The number of nitrogens with zero attached hydrogens (tertiary/aromatic N) is 1. The normalized spacial score (nSPS) is 11.6. The zero-order valence-corrected chi connectivity index (χ0v) is 19.7. The van der Waals surface area contributed by atoms with E-state index in [4.69, 9.17) is 5.11 Å². The fourth-order valence-corrected chi connectivity index (χ4v) is 4.42. The SMILES string of the molecule is COC(=O)CCS(=O)(=O)c1ccc(/C=C/c2ccc(N(C)CCCCCCO)cc2)cc1. The first-order chi connectivity index (χ1) is 15.4. The Morgan fingerprint density at radius 3 is 2.06 bits per heavy atom. The van der Waals surface area contributed by atoms with Gasteiger partial charge < -0.3 is 14.7 Å². The summed E-state index contributed by atoms with van der Waals surface area (Å²) in [4.78, 5) is 13.6. The Morgan fingerprint density at radius 1 is 0.938 bits per heavy atom. The number of hydrogen-bond donors (Lipinski definition) is 1. The van der Waals surface area contributed by atoms with Gasteiger partial charge in [0.2, 0.25) is 0 Å².